The molecular weight excluding hydrogens is 178 g/mol. The lowest BCUT2D eigenvalue weighted by atomic mass is 9.79. The van der Waals surface area contributed by atoms with Crippen LogP contribution >= 0.6 is 0 Å². The lowest BCUT2D eigenvalue weighted by Crippen LogP contribution is -2.47. The Morgan fingerprint density at radius 3 is 3.00 bits per heavy atom. The topological polar surface area (TPSA) is 52.2 Å². The van der Waals surface area contributed by atoms with E-state index in [9.17, 15) is 9.90 Å². The molecule has 2 fully saturated rings. The van der Waals surface area contributed by atoms with E-state index < -0.39 is 6.09 Å². The Morgan fingerprint density at radius 2 is 2.21 bits per heavy atom. The largest absolute Gasteiger partial charge is 0.530 e. The zero-order chi connectivity index (χ0) is 9.71. The highest BCUT2D eigenvalue weighted by Gasteiger charge is 2.52. The Hall–Kier alpha value is -0.990. The van der Waals surface area contributed by atoms with E-state index in [1.54, 1.807) is 0 Å². The molecule has 0 spiro atoms. The summed E-state index contributed by atoms with van der Waals surface area (Å²) in [6.45, 7) is 0. The van der Waals surface area contributed by atoms with Gasteiger partial charge in [0, 0.05) is 6.04 Å². The molecule has 0 heterocycles. The number of carbonyl (C=O) groups is 1. The van der Waals surface area contributed by atoms with E-state index in [1.807, 2.05) is 0 Å². The quantitative estimate of drug-likeness (QED) is 0.616. The van der Waals surface area contributed by atoms with Crippen LogP contribution in [0.1, 0.15) is 19.3 Å². The molecule has 76 valence electrons. The molecule has 1 N–H and O–H groups in total. The number of hydrogen-bond donors (Lipinski definition) is 1. The number of carboxylic acid groups (broad SMARTS) is 1. The molecule has 5 atom stereocenters. The lowest BCUT2D eigenvalue weighted by molar-refractivity contribution is -0.252. The number of nitrogens with one attached hydrogen (secondary N) is 1. The van der Waals surface area contributed by atoms with Gasteiger partial charge in [0.05, 0.1) is 0 Å². The molecule has 1 amide bonds. The van der Waals surface area contributed by atoms with Gasteiger partial charge >= 0.3 is 0 Å². The Bertz CT molecular complexity index is 300. The van der Waals surface area contributed by atoms with E-state index in [-0.39, 0.29) is 6.04 Å². The van der Waals surface area contributed by atoms with E-state index in [0.717, 1.165) is 24.7 Å². The summed E-state index contributed by atoms with van der Waals surface area (Å²) in [5.74, 6) is 2.75. The number of hydrogen-bond acceptors (Lipinski definition) is 2. The third-order valence-corrected chi connectivity index (χ3v) is 4.31. The molecule has 3 heteroatoms. The molecule has 0 aromatic rings. The van der Waals surface area contributed by atoms with Gasteiger partial charge in [0.25, 0.3) is 0 Å². The van der Waals surface area contributed by atoms with Crippen LogP contribution in [0, 0.1) is 23.7 Å². The first-order chi connectivity index (χ1) is 6.75. The minimum atomic E-state index is -1.11. The second kappa shape index (κ2) is 2.75. The van der Waals surface area contributed by atoms with Crippen LogP contribution < -0.4 is 10.4 Å². The maximum Gasteiger partial charge on any atom is 0.134 e. The normalized spacial score (nSPS) is 48.1. The molecule has 0 saturated heterocycles. The highest BCUT2D eigenvalue weighted by molar-refractivity contribution is 5.62. The van der Waals surface area contributed by atoms with Gasteiger partial charge in [-0.1, -0.05) is 12.2 Å². The van der Waals surface area contributed by atoms with Crippen molar-refractivity contribution in [3.05, 3.63) is 12.2 Å². The summed E-state index contributed by atoms with van der Waals surface area (Å²) in [5.41, 5.74) is 0. The second-order valence-electron chi connectivity index (χ2n) is 4.84. The van der Waals surface area contributed by atoms with Crippen LogP contribution in [0.3, 0.4) is 0 Å². The number of rotatable bonds is 1. The van der Waals surface area contributed by atoms with Gasteiger partial charge in [-0.15, -0.1) is 0 Å². The van der Waals surface area contributed by atoms with Crippen LogP contribution in [0.4, 0.5) is 4.79 Å². The molecule has 5 unspecified atom stereocenters. The molecule has 2 bridgehead atoms. The first kappa shape index (κ1) is 8.33. The fourth-order valence-electron chi connectivity index (χ4n) is 3.88. The summed E-state index contributed by atoms with van der Waals surface area (Å²) >= 11 is 0. The number of fused-ring (bicyclic) bond motifs is 5. The predicted molar refractivity (Wildman–Crippen MR) is 49.3 cm³/mol. The molecule has 3 nitrogen and oxygen atoms in total. The third-order valence-electron chi connectivity index (χ3n) is 4.31. The Labute approximate surface area is 83.2 Å². The maximum atomic E-state index is 10.5. The fraction of sp³-hybridized carbons (Fsp3) is 0.727. The van der Waals surface area contributed by atoms with Crippen molar-refractivity contribution >= 4 is 6.09 Å². The first-order valence-electron chi connectivity index (χ1n) is 5.40. The molecule has 3 rings (SSSR count). The van der Waals surface area contributed by atoms with Crippen molar-refractivity contribution in [2.75, 3.05) is 0 Å². The zero-order valence-corrected chi connectivity index (χ0v) is 7.98. The smallest absolute Gasteiger partial charge is 0.134 e. The van der Waals surface area contributed by atoms with Gasteiger partial charge in [-0.2, -0.15) is 0 Å². The monoisotopic (exact) mass is 192 g/mol. The summed E-state index contributed by atoms with van der Waals surface area (Å²) in [7, 11) is 0. The summed E-state index contributed by atoms with van der Waals surface area (Å²) in [6.07, 6.45) is 6.87. The van der Waals surface area contributed by atoms with Gasteiger partial charge < -0.3 is 15.2 Å². The molecule has 14 heavy (non-hydrogen) atoms. The Morgan fingerprint density at radius 1 is 1.36 bits per heavy atom. The van der Waals surface area contributed by atoms with Crippen molar-refractivity contribution in [1.82, 2.24) is 5.32 Å². The van der Waals surface area contributed by atoms with E-state index in [1.165, 1.54) is 6.42 Å². The highest BCUT2D eigenvalue weighted by Crippen LogP contribution is 2.56. The minimum Gasteiger partial charge on any atom is -0.530 e. The summed E-state index contributed by atoms with van der Waals surface area (Å²) < 4.78 is 0. The van der Waals surface area contributed by atoms with Crippen molar-refractivity contribution in [3.8, 4) is 0 Å². The summed E-state index contributed by atoms with van der Waals surface area (Å²) in [5, 5.41) is 13.0. The van der Waals surface area contributed by atoms with Gasteiger partial charge in [-0.05, 0) is 42.9 Å². The SMILES string of the molecule is O=C([O-])NC1CC2CC1C1CC=CC21. The van der Waals surface area contributed by atoms with E-state index >= 15 is 0 Å². The lowest BCUT2D eigenvalue weighted by Gasteiger charge is -2.32. The van der Waals surface area contributed by atoms with E-state index in [0.29, 0.717) is 11.8 Å². The number of carbonyl (C=O) groups excluding carboxylic acids is 1. The van der Waals surface area contributed by atoms with Gasteiger partial charge in [-0.25, -0.2) is 0 Å². The fourth-order valence-corrected chi connectivity index (χ4v) is 3.88. The molecule has 3 aliphatic carbocycles. The van der Waals surface area contributed by atoms with Crippen LogP contribution in [-0.4, -0.2) is 12.1 Å². The summed E-state index contributed by atoms with van der Waals surface area (Å²) in [6, 6.07) is 0.172. The molecular formula is C11H14NO2-. The Balaban J connectivity index is 1.75. The average Bonchev–Trinajstić information content (AvgIpc) is 2.68. The molecule has 0 aromatic heterocycles. The highest BCUT2D eigenvalue weighted by atomic mass is 16.4. The van der Waals surface area contributed by atoms with E-state index in [4.69, 9.17) is 0 Å². The second-order valence-corrected chi connectivity index (χ2v) is 4.84. The zero-order valence-electron chi connectivity index (χ0n) is 7.98. The van der Waals surface area contributed by atoms with Crippen LogP contribution in [0.2, 0.25) is 0 Å². The van der Waals surface area contributed by atoms with Crippen molar-refractivity contribution < 1.29 is 9.90 Å². The van der Waals surface area contributed by atoms with Crippen LogP contribution in [0.5, 0.6) is 0 Å². The molecule has 0 radical (unpaired) electrons. The maximum absolute atomic E-state index is 10.5. The number of amides is 1. The molecule has 0 aromatic carbocycles. The van der Waals surface area contributed by atoms with Crippen LogP contribution in [0.15, 0.2) is 12.2 Å². The van der Waals surface area contributed by atoms with Crippen molar-refractivity contribution in [2.24, 2.45) is 23.7 Å². The van der Waals surface area contributed by atoms with E-state index in [2.05, 4.69) is 17.5 Å². The standard InChI is InChI=1S/C11H15NO2/c13-11(14)12-10-5-6-4-9(10)8-3-1-2-7(6)8/h1-2,6-10,12H,3-5H2,(H,13,14)/p-1. The predicted octanol–water partition coefficient (Wildman–Crippen LogP) is 0.520. The van der Waals surface area contributed by atoms with Gasteiger partial charge in [-0.3, -0.25) is 0 Å². The average molecular weight is 192 g/mol. The number of allylic oxidation sites excluding steroid dienone is 2. The summed E-state index contributed by atoms with van der Waals surface area (Å²) in [4.78, 5) is 10.5. The van der Waals surface area contributed by atoms with Crippen molar-refractivity contribution in [1.29, 1.82) is 0 Å². The van der Waals surface area contributed by atoms with Gasteiger partial charge in [0.15, 0.2) is 0 Å². The van der Waals surface area contributed by atoms with Gasteiger partial charge in [0.1, 0.15) is 6.09 Å². The van der Waals surface area contributed by atoms with Crippen molar-refractivity contribution in [3.63, 3.8) is 0 Å². The third kappa shape index (κ3) is 1.01. The minimum absolute atomic E-state index is 0.172. The Kier molecular flexibility index (Phi) is 1.64. The molecule has 0 aliphatic heterocycles. The van der Waals surface area contributed by atoms with Gasteiger partial charge in [0.2, 0.25) is 0 Å². The first-order valence-corrected chi connectivity index (χ1v) is 5.40. The van der Waals surface area contributed by atoms with Crippen LogP contribution in [-0.2, 0) is 0 Å². The molecule has 2 saturated carbocycles. The van der Waals surface area contributed by atoms with Crippen LogP contribution in [0.25, 0.3) is 0 Å². The molecule has 3 aliphatic rings. The van der Waals surface area contributed by atoms with Crippen molar-refractivity contribution in [2.45, 2.75) is 25.3 Å².